The second kappa shape index (κ2) is 6.41. The maximum atomic E-state index is 13.6. The summed E-state index contributed by atoms with van der Waals surface area (Å²) in [7, 11) is 0. The minimum Gasteiger partial charge on any atom is -0.390 e. The first-order valence-electron chi connectivity index (χ1n) is 11.9. The zero-order valence-corrected chi connectivity index (χ0v) is 19.0. The highest BCUT2D eigenvalue weighted by Crippen LogP contribution is 2.52. The predicted molar refractivity (Wildman–Crippen MR) is 130 cm³/mol. The molecule has 0 saturated carbocycles. The Morgan fingerprint density at radius 3 is 2.51 bits per heavy atom. The number of carbonyl (C=O) groups is 1. The lowest BCUT2D eigenvalue weighted by Gasteiger charge is -2.45. The van der Waals surface area contributed by atoms with Crippen LogP contribution in [0.4, 0.5) is 0 Å². The number of rotatable bonds is 0. The number of nitrogens with one attached hydrogen (secondary N) is 1. The Balaban J connectivity index is 1.76. The maximum absolute atomic E-state index is 13.6. The van der Waals surface area contributed by atoms with Crippen molar-refractivity contribution in [2.24, 2.45) is 0 Å². The molecular weight excluding hydrogens is 446 g/mol. The molecule has 2 bridgehead atoms. The van der Waals surface area contributed by atoms with Crippen LogP contribution in [0.15, 0.2) is 48.5 Å². The summed E-state index contributed by atoms with van der Waals surface area (Å²) in [6, 6.07) is 16.0. The van der Waals surface area contributed by atoms with Crippen LogP contribution >= 0.6 is 0 Å². The summed E-state index contributed by atoms with van der Waals surface area (Å²) >= 11 is 0. The third-order valence-corrected chi connectivity index (χ3v) is 8.13. The Bertz CT molecular complexity index is 1750. The highest BCUT2D eigenvalue weighted by molar-refractivity contribution is 6.30. The lowest BCUT2D eigenvalue weighted by atomic mass is 9.94. The van der Waals surface area contributed by atoms with Crippen molar-refractivity contribution in [3.05, 3.63) is 59.7 Å². The van der Waals surface area contributed by atoms with Crippen molar-refractivity contribution in [3.63, 3.8) is 0 Å². The van der Waals surface area contributed by atoms with Crippen LogP contribution in [0.25, 0.3) is 43.6 Å². The summed E-state index contributed by atoms with van der Waals surface area (Å²) in [5.41, 5.74) is 3.75. The van der Waals surface area contributed by atoms with Gasteiger partial charge < -0.3 is 34.1 Å². The van der Waals surface area contributed by atoms with Gasteiger partial charge in [0.1, 0.15) is 19.1 Å². The Morgan fingerprint density at radius 1 is 1.00 bits per heavy atom. The van der Waals surface area contributed by atoms with Crippen LogP contribution in [0, 0.1) is 0 Å². The molecule has 3 aliphatic rings. The van der Waals surface area contributed by atoms with Crippen molar-refractivity contribution in [2.45, 2.75) is 44.1 Å². The molecule has 3 aromatic carbocycles. The molecule has 8 rings (SSSR count). The standard InChI is InChI=1S/C27H23N3O5/c1-27-25(32)18(31)10-19(35-27)29-16-8-4-2-6-13(16)20-15-11-34-12-28-26(33)22(15)21-14-7-3-5-9-17(14)30(27)24(21)23(20)29/h2-9,18-19,25,31-32H,10-12H2,1H3,(H,28,33)/t18-,19-,25-,27+/m1/s1. The Kier molecular flexibility index (Phi) is 3.63. The summed E-state index contributed by atoms with van der Waals surface area (Å²) < 4.78 is 16.7. The topological polar surface area (TPSA) is 97.9 Å². The Labute approximate surface area is 199 Å². The SMILES string of the molecule is C[C@]12O[C@H](C[C@@H](O)[C@H]1O)n1c3ccccc3c3c4c(c5c6ccccc6n2c5c31)C(=O)NCOC4. The molecule has 0 radical (unpaired) electrons. The first-order chi connectivity index (χ1) is 17.0. The monoisotopic (exact) mass is 469 g/mol. The third-order valence-electron chi connectivity index (χ3n) is 8.13. The fourth-order valence-corrected chi connectivity index (χ4v) is 6.74. The van der Waals surface area contributed by atoms with Crippen LogP contribution in [0.3, 0.4) is 0 Å². The molecule has 4 atom stereocenters. The van der Waals surface area contributed by atoms with Gasteiger partial charge in [0.15, 0.2) is 5.72 Å². The van der Waals surface area contributed by atoms with Crippen molar-refractivity contribution < 1.29 is 24.5 Å². The molecule has 1 fully saturated rings. The quantitative estimate of drug-likeness (QED) is 0.323. The third kappa shape index (κ3) is 2.20. The molecule has 0 unspecified atom stereocenters. The lowest BCUT2D eigenvalue weighted by molar-refractivity contribution is -0.272. The van der Waals surface area contributed by atoms with E-state index in [0.29, 0.717) is 12.2 Å². The van der Waals surface area contributed by atoms with Gasteiger partial charge in [0.2, 0.25) is 0 Å². The molecule has 35 heavy (non-hydrogen) atoms. The first-order valence-corrected chi connectivity index (χ1v) is 11.9. The van der Waals surface area contributed by atoms with Crippen LogP contribution < -0.4 is 5.32 Å². The second-order valence-corrected chi connectivity index (χ2v) is 9.91. The summed E-state index contributed by atoms with van der Waals surface area (Å²) in [5.74, 6) is -0.182. The minimum atomic E-state index is -1.25. The molecule has 0 spiro atoms. The molecule has 5 heterocycles. The van der Waals surface area contributed by atoms with Crippen LogP contribution in [0.2, 0.25) is 0 Å². The number of benzene rings is 3. The van der Waals surface area contributed by atoms with Gasteiger partial charge in [-0.25, -0.2) is 0 Å². The molecule has 1 saturated heterocycles. The normalized spacial score (nSPS) is 28.0. The van der Waals surface area contributed by atoms with E-state index >= 15 is 0 Å². The number of aliphatic hydroxyl groups excluding tert-OH is 2. The van der Waals surface area contributed by atoms with Gasteiger partial charge >= 0.3 is 0 Å². The van der Waals surface area contributed by atoms with E-state index in [2.05, 4.69) is 16.0 Å². The number of ether oxygens (including phenoxy) is 2. The van der Waals surface area contributed by atoms with Gasteiger partial charge in [0.25, 0.3) is 5.91 Å². The van der Waals surface area contributed by atoms with E-state index in [9.17, 15) is 15.0 Å². The summed E-state index contributed by atoms with van der Waals surface area (Å²) in [5, 5.41) is 28.9. The summed E-state index contributed by atoms with van der Waals surface area (Å²) in [6.45, 7) is 2.26. The average Bonchev–Trinajstić information content (AvgIpc) is 3.28. The van der Waals surface area contributed by atoms with E-state index < -0.39 is 24.2 Å². The maximum Gasteiger partial charge on any atom is 0.254 e. The van der Waals surface area contributed by atoms with E-state index in [1.54, 1.807) is 0 Å². The van der Waals surface area contributed by atoms with Gasteiger partial charge in [-0.3, -0.25) is 4.79 Å². The predicted octanol–water partition coefficient (Wildman–Crippen LogP) is 3.45. The second-order valence-electron chi connectivity index (χ2n) is 9.91. The van der Waals surface area contributed by atoms with Crippen LogP contribution in [0.5, 0.6) is 0 Å². The van der Waals surface area contributed by atoms with Gasteiger partial charge in [-0.1, -0.05) is 36.4 Å². The number of aliphatic hydroxyl groups is 2. The van der Waals surface area contributed by atoms with Gasteiger partial charge in [-0.15, -0.1) is 0 Å². The molecule has 5 aromatic rings. The molecule has 0 aliphatic carbocycles. The fraction of sp³-hybridized carbons (Fsp3) is 0.296. The smallest absolute Gasteiger partial charge is 0.254 e. The Morgan fingerprint density at radius 2 is 1.71 bits per heavy atom. The zero-order chi connectivity index (χ0) is 23.6. The molecular formula is C27H23N3O5. The number of amides is 1. The van der Waals surface area contributed by atoms with Crippen molar-refractivity contribution >= 4 is 49.5 Å². The Hall–Kier alpha value is -3.43. The van der Waals surface area contributed by atoms with E-state index in [4.69, 9.17) is 9.47 Å². The van der Waals surface area contributed by atoms with Crippen molar-refractivity contribution in [2.75, 3.05) is 6.73 Å². The molecule has 8 heteroatoms. The molecule has 2 aromatic heterocycles. The molecule has 8 nitrogen and oxygen atoms in total. The number of aromatic nitrogens is 2. The van der Waals surface area contributed by atoms with Crippen LogP contribution in [-0.4, -0.2) is 44.2 Å². The molecule has 176 valence electrons. The van der Waals surface area contributed by atoms with Gasteiger partial charge in [0, 0.05) is 33.5 Å². The van der Waals surface area contributed by atoms with Gasteiger partial charge in [-0.2, -0.15) is 0 Å². The average molecular weight is 469 g/mol. The molecule has 3 aliphatic heterocycles. The van der Waals surface area contributed by atoms with Crippen molar-refractivity contribution in [3.8, 4) is 0 Å². The lowest BCUT2D eigenvalue weighted by Crippen LogP contribution is -2.55. The number of carbonyl (C=O) groups excluding carboxylic acids is 1. The number of nitrogens with zero attached hydrogens (tertiary/aromatic N) is 2. The van der Waals surface area contributed by atoms with Crippen molar-refractivity contribution in [1.82, 2.24) is 14.5 Å². The van der Waals surface area contributed by atoms with Crippen molar-refractivity contribution in [1.29, 1.82) is 0 Å². The van der Waals surface area contributed by atoms with E-state index in [-0.39, 0.29) is 19.1 Å². The number of hydrogen-bond acceptors (Lipinski definition) is 5. The summed E-state index contributed by atoms with van der Waals surface area (Å²) in [4.78, 5) is 13.6. The van der Waals surface area contributed by atoms with E-state index in [0.717, 1.165) is 49.2 Å². The van der Waals surface area contributed by atoms with Gasteiger partial charge in [-0.05, 0) is 19.1 Å². The molecule has 1 amide bonds. The highest BCUT2D eigenvalue weighted by atomic mass is 16.6. The van der Waals surface area contributed by atoms with E-state index in [1.807, 2.05) is 54.0 Å². The van der Waals surface area contributed by atoms with E-state index in [1.165, 1.54) is 0 Å². The summed E-state index contributed by atoms with van der Waals surface area (Å²) in [6.07, 6.45) is -2.38. The van der Waals surface area contributed by atoms with Gasteiger partial charge in [0.05, 0.1) is 40.3 Å². The molecule has 3 N–H and O–H groups in total. The minimum absolute atomic E-state index is 0.141. The van der Waals surface area contributed by atoms with Crippen LogP contribution in [-0.2, 0) is 21.8 Å². The zero-order valence-electron chi connectivity index (χ0n) is 19.0. The highest BCUT2D eigenvalue weighted by Gasteiger charge is 2.52. The number of hydrogen-bond donors (Lipinski definition) is 3. The first kappa shape index (κ1) is 19.8. The fourth-order valence-electron chi connectivity index (χ4n) is 6.74. The number of fused-ring (bicyclic) bond motifs is 13. The van der Waals surface area contributed by atoms with Crippen LogP contribution in [0.1, 0.15) is 35.5 Å². The largest absolute Gasteiger partial charge is 0.390 e. The number of para-hydroxylation sites is 2.